The third-order valence-electron chi connectivity index (χ3n) is 3.99. The molecule has 0 saturated carbocycles. The summed E-state index contributed by atoms with van der Waals surface area (Å²) in [5.74, 6) is 0. The Morgan fingerprint density at radius 3 is 2.63 bits per heavy atom. The van der Waals surface area contributed by atoms with Crippen molar-refractivity contribution in [1.82, 2.24) is 4.90 Å². The lowest BCUT2D eigenvalue weighted by atomic mass is 9.90. The van der Waals surface area contributed by atoms with E-state index in [9.17, 15) is 10.1 Å². The molecule has 1 saturated heterocycles. The van der Waals surface area contributed by atoms with Gasteiger partial charge >= 0.3 is 0 Å². The molecule has 1 aliphatic rings. The average molecular weight is 263 g/mol. The fraction of sp³-hybridized carbons (Fsp3) is 0.571. The van der Waals surface area contributed by atoms with E-state index in [2.05, 4.69) is 11.8 Å². The number of nitro benzene ring substituents is 1. The highest BCUT2D eigenvalue weighted by molar-refractivity contribution is 5.32. The number of benzene rings is 1. The molecule has 0 bridgehead atoms. The molecule has 1 heterocycles. The van der Waals surface area contributed by atoms with Crippen molar-refractivity contribution in [3.8, 4) is 0 Å². The molecule has 19 heavy (non-hydrogen) atoms. The van der Waals surface area contributed by atoms with E-state index >= 15 is 0 Å². The molecule has 0 amide bonds. The maximum atomic E-state index is 10.6. The summed E-state index contributed by atoms with van der Waals surface area (Å²) in [6.07, 6.45) is 2.09. The number of nitrogens with two attached hydrogens (primary N) is 1. The Balaban J connectivity index is 1.85. The van der Waals surface area contributed by atoms with Crippen molar-refractivity contribution < 1.29 is 4.92 Å². The van der Waals surface area contributed by atoms with Crippen molar-refractivity contribution in [2.24, 2.45) is 11.1 Å². The second kappa shape index (κ2) is 5.67. The van der Waals surface area contributed by atoms with Gasteiger partial charge in [-0.15, -0.1) is 0 Å². The molecule has 2 rings (SSSR count). The molecule has 1 unspecified atom stereocenters. The molecule has 0 aromatic heterocycles. The zero-order valence-electron chi connectivity index (χ0n) is 11.3. The van der Waals surface area contributed by atoms with Crippen LogP contribution < -0.4 is 5.73 Å². The zero-order valence-corrected chi connectivity index (χ0v) is 11.3. The number of nitrogens with zero attached hydrogens (tertiary/aromatic N) is 2. The van der Waals surface area contributed by atoms with E-state index in [0.29, 0.717) is 0 Å². The van der Waals surface area contributed by atoms with Crippen LogP contribution in [0.4, 0.5) is 5.69 Å². The molecule has 1 aliphatic heterocycles. The van der Waals surface area contributed by atoms with Crippen molar-refractivity contribution in [3.63, 3.8) is 0 Å². The summed E-state index contributed by atoms with van der Waals surface area (Å²) in [6, 6.07) is 6.83. The fourth-order valence-electron chi connectivity index (χ4n) is 2.55. The molecule has 5 heteroatoms. The van der Waals surface area contributed by atoms with Crippen molar-refractivity contribution in [2.45, 2.75) is 19.8 Å². The molecule has 0 spiro atoms. The zero-order chi connectivity index (χ0) is 13.9. The van der Waals surface area contributed by atoms with Gasteiger partial charge in [0.15, 0.2) is 0 Å². The van der Waals surface area contributed by atoms with Gasteiger partial charge in [-0.25, -0.2) is 0 Å². The maximum absolute atomic E-state index is 10.6. The van der Waals surface area contributed by atoms with Crippen LogP contribution >= 0.6 is 0 Å². The van der Waals surface area contributed by atoms with E-state index in [0.717, 1.165) is 44.6 Å². The SMILES string of the molecule is CC1(CN)CCN(CCc2ccc([N+](=O)[O-])cc2)C1. The van der Waals surface area contributed by atoms with Crippen LogP contribution in [-0.4, -0.2) is 36.0 Å². The first-order valence-corrected chi connectivity index (χ1v) is 6.68. The molecule has 1 aromatic rings. The Kier molecular flexibility index (Phi) is 4.17. The highest BCUT2D eigenvalue weighted by atomic mass is 16.6. The predicted octanol–water partition coefficient (Wildman–Crippen LogP) is 1.81. The van der Waals surface area contributed by atoms with Crippen LogP contribution in [0, 0.1) is 15.5 Å². The molecule has 0 radical (unpaired) electrons. The minimum Gasteiger partial charge on any atom is -0.330 e. The summed E-state index contributed by atoms with van der Waals surface area (Å²) in [5, 5.41) is 10.6. The second-order valence-electron chi connectivity index (χ2n) is 5.71. The normalized spacial score (nSPS) is 23.7. The van der Waals surface area contributed by atoms with E-state index in [1.165, 1.54) is 0 Å². The third-order valence-corrected chi connectivity index (χ3v) is 3.99. The number of nitro groups is 1. The minimum absolute atomic E-state index is 0.153. The summed E-state index contributed by atoms with van der Waals surface area (Å²) >= 11 is 0. The quantitative estimate of drug-likeness (QED) is 0.649. The van der Waals surface area contributed by atoms with Gasteiger partial charge in [0, 0.05) is 25.2 Å². The number of rotatable bonds is 5. The van der Waals surface area contributed by atoms with Gasteiger partial charge in [-0.2, -0.15) is 0 Å². The molecular formula is C14H21N3O2. The summed E-state index contributed by atoms with van der Waals surface area (Å²) < 4.78 is 0. The number of hydrogen-bond donors (Lipinski definition) is 1. The van der Waals surface area contributed by atoms with Crippen molar-refractivity contribution in [1.29, 1.82) is 0 Å². The highest BCUT2D eigenvalue weighted by Crippen LogP contribution is 2.28. The molecular weight excluding hydrogens is 242 g/mol. The van der Waals surface area contributed by atoms with Crippen LogP contribution in [-0.2, 0) is 6.42 Å². The van der Waals surface area contributed by atoms with Gasteiger partial charge in [-0.1, -0.05) is 19.1 Å². The van der Waals surface area contributed by atoms with Gasteiger partial charge in [-0.3, -0.25) is 10.1 Å². The van der Waals surface area contributed by atoms with E-state index in [1.807, 2.05) is 12.1 Å². The monoisotopic (exact) mass is 263 g/mol. The first-order chi connectivity index (χ1) is 9.02. The standard InChI is InChI=1S/C14H21N3O2/c1-14(10-15)7-9-16(11-14)8-6-12-2-4-13(5-3-12)17(18)19/h2-5H,6-11,15H2,1H3. The molecule has 2 N–H and O–H groups in total. The van der Waals surface area contributed by atoms with Gasteiger partial charge in [-0.05, 0) is 36.9 Å². The Labute approximate surface area is 113 Å². The first kappa shape index (κ1) is 14.0. The second-order valence-corrected chi connectivity index (χ2v) is 5.71. The highest BCUT2D eigenvalue weighted by Gasteiger charge is 2.31. The minimum atomic E-state index is -0.364. The summed E-state index contributed by atoms with van der Waals surface area (Å²) in [6.45, 7) is 6.12. The van der Waals surface area contributed by atoms with E-state index in [1.54, 1.807) is 12.1 Å². The van der Waals surface area contributed by atoms with Crippen LogP contribution in [0.25, 0.3) is 0 Å². The van der Waals surface area contributed by atoms with Crippen LogP contribution in [0.2, 0.25) is 0 Å². The Bertz CT molecular complexity index is 447. The van der Waals surface area contributed by atoms with Gasteiger partial charge in [0.25, 0.3) is 5.69 Å². The first-order valence-electron chi connectivity index (χ1n) is 6.68. The average Bonchev–Trinajstić information content (AvgIpc) is 2.79. The Morgan fingerprint density at radius 1 is 1.42 bits per heavy atom. The molecule has 1 aromatic carbocycles. The Morgan fingerprint density at radius 2 is 2.11 bits per heavy atom. The van der Waals surface area contributed by atoms with Crippen LogP contribution in [0.3, 0.4) is 0 Å². The Hall–Kier alpha value is -1.46. The maximum Gasteiger partial charge on any atom is 0.269 e. The van der Waals surface area contributed by atoms with Gasteiger partial charge < -0.3 is 10.6 Å². The lowest BCUT2D eigenvalue weighted by Gasteiger charge is -2.22. The number of hydrogen-bond acceptors (Lipinski definition) is 4. The van der Waals surface area contributed by atoms with Gasteiger partial charge in [0.1, 0.15) is 0 Å². The number of non-ortho nitro benzene ring substituents is 1. The lowest BCUT2D eigenvalue weighted by molar-refractivity contribution is -0.384. The van der Waals surface area contributed by atoms with Crippen molar-refractivity contribution in [2.75, 3.05) is 26.2 Å². The molecule has 1 fully saturated rings. The van der Waals surface area contributed by atoms with Crippen LogP contribution in [0.5, 0.6) is 0 Å². The van der Waals surface area contributed by atoms with Crippen LogP contribution in [0.1, 0.15) is 18.9 Å². The molecule has 5 nitrogen and oxygen atoms in total. The van der Waals surface area contributed by atoms with Crippen LogP contribution in [0.15, 0.2) is 24.3 Å². The topological polar surface area (TPSA) is 72.4 Å². The van der Waals surface area contributed by atoms with E-state index in [-0.39, 0.29) is 16.0 Å². The summed E-state index contributed by atoms with van der Waals surface area (Å²) in [4.78, 5) is 12.6. The van der Waals surface area contributed by atoms with Crippen molar-refractivity contribution in [3.05, 3.63) is 39.9 Å². The van der Waals surface area contributed by atoms with E-state index in [4.69, 9.17) is 5.73 Å². The molecule has 1 atom stereocenters. The smallest absolute Gasteiger partial charge is 0.269 e. The third kappa shape index (κ3) is 3.52. The van der Waals surface area contributed by atoms with Gasteiger partial charge in [0.2, 0.25) is 0 Å². The van der Waals surface area contributed by atoms with Gasteiger partial charge in [0.05, 0.1) is 4.92 Å². The van der Waals surface area contributed by atoms with Crippen molar-refractivity contribution >= 4 is 5.69 Å². The predicted molar refractivity (Wildman–Crippen MR) is 75.0 cm³/mol. The molecule has 0 aliphatic carbocycles. The summed E-state index contributed by atoms with van der Waals surface area (Å²) in [5.41, 5.74) is 7.35. The largest absolute Gasteiger partial charge is 0.330 e. The summed E-state index contributed by atoms with van der Waals surface area (Å²) in [7, 11) is 0. The lowest BCUT2D eigenvalue weighted by Crippen LogP contribution is -2.32. The van der Waals surface area contributed by atoms with E-state index < -0.39 is 0 Å². The number of likely N-dealkylation sites (tertiary alicyclic amines) is 1. The molecule has 104 valence electrons. The fourth-order valence-corrected chi connectivity index (χ4v) is 2.55.